The third kappa shape index (κ3) is 8.81. The van der Waals surface area contributed by atoms with Crippen molar-refractivity contribution in [2.24, 2.45) is 0 Å². The second-order valence-electron chi connectivity index (χ2n) is 6.43. The largest absolute Gasteiger partial charge is 0.369 e. The first-order valence-electron chi connectivity index (χ1n) is 9.44. The predicted octanol–water partition coefficient (Wildman–Crippen LogP) is 3.74. The number of carbonyl (C=O) groups is 1. The molecule has 2 fully saturated rings. The molecule has 0 aromatic heterocycles. The second kappa shape index (κ2) is 14.5. The molecule has 2 aromatic rings. The molecule has 0 radical (unpaired) electrons. The topological polar surface area (TPSA) is 47.6 Å². The first-order chi connectivity index (χ1) is 13.7. The second-order valence-corrected chi connectivity index (χ2v) is 7.30. The van der Waals surface area contributed by atoms with Crippen molar-refractivity contribution in [3.8, 4) is 0 Å². The lowest BCUT2D eigenvalue weighted by Gasteiger charge is -2.29. The zero-order valence-corrected chi connectivity index (χ0v) is 18.8. The maximum Gasteiger partial charge on any atom is 0.106 e. The maximum absolute atomic E-state index is 8.00. The number of anilines is 2. The summed E-state index contributed by atoms with van der Waals surface area (Å²) >= 11 is 11.6. The van der Waals surface area contributed by atoms with Gasteiger partial charge < -0.3 is 25.2 Å². The lowest BCUT2D eigenvalue weighted by atomic mass is 10.2. The summed E-state index contributed by atoms with van der Waals surface area (Å²) in [5, 5.41) is 8.27. The highest BCUT2D eigenvalue weighted by molar-refractivity contribution is 6.30. The van der Waals surface area contributed by atoms with Gasteiger partial charge in [-0.25, -0.2) is 0 Å². The van der Waals surface area contributed by atoms with Crippen LogP contribution in [0, 0.1) is 0 Å². The van der Waals surface area contributed by atoms with Crippen LogP contribution in [0.4, 0.5) is 11.4 Å². The summed E-state index contributed by atoms with van der Waals surface area (Å²) in [5.41, 5.74) is 2.54. The molecule has 5 nitrogen and oxygen atoms in total. The van der Waals surface area contributed by atoms with E-state index in [-0.39, 0.29) is 12.4 Å². The van der Waals surface area contributed by atoms with E-state index in [2.05, 4.69) is 44.7 Å². The number of piperazine rings is 2. The molecular weight excluding hydrogens is 431 g/mol. The number of hydrogen-bond donors (Lipinski definition) is 2. The van der Waals surface area contributed by atoms with Crippen molar-refractivity contribution in [1.82, 2.24) is 10.6 Å². The van der Waals surface area contributed by atoms with Crippen LogP contribution in [-0.2, 0) is 4.79 Å². The van der Waals surface area contributed by atoms with Crippen molar-refractivity contribution in [3.05, 3.63) is 58.6 Å². The van der Waals surface area contributed by atoms with Crippen molar-refractivity contribution < 1.29 is 4.79 Å². The van der Waals surface area contributed by atoms with E-state index in [0.29, 0.717) is 0 Å². The van der Waals surface area contributed by atoms with Gasteiger partial charge in [0.05, 0.1) is 0 Å². The fraction of sp³-hybridized carbons (Fsp3) is 0.381. The number of halogens is 3. The Bertz CT molecular complexity index is 614. The Balaban J connectivity index is 0.000000259. The highest BCUT2D eigenvalue weighted by Gasteiger charge is 2.10. The van der Waals surface area contributed by atoms with E-state index in [1.54, 1.807) is 0 Å². The molecule has 2 aliphatic heterocycles. The Hall–Kier alpha value is -1.50. The molecule has 29 heavy (non-hydrogen) atoms. The summed E-state index contributed by atoms with van der Waals surface area (Å²) in [7, 11) is 0. The van der Waals surface area contributed by atoms with Crippen LogP contribution in [0.1, 0.15) is 0 Å². The molecule has 2 aromatic carbocycles. The van der Waals surface area contributed by atoms with E-state index in [4.69, 9.17) is 28.0 Å². The molecule has 0 atom stereocenters. The van der Waals surface area contributed by atoms with Gasteiger partial charge >= 0.3 is 0 Å². The highest BCUT2D eigenvalue weighted by atomic mass is 35.5. The molecule has 2 aliphatic rings. The average molecular weight is 460 g/mol. The number of rotatable bonds is 2. The zero-order chi connectivity index (χ0) is 20.2. The number of nitrogens with zero attached hydrogens (tertiary/aromatic N) is 2. The molecule has 0 aliphatic carbocycles. The number of nitrogens with one attached hydrogen (secondary N) is 2. The lowest BCUT2D eigenvalue weighted by Crippen LogP contribution is -2.43. The van der Waals surface area contributed by atoms with Crippen molar-refractivity contribution in [1.29, 1.82) is 0 Å². The van der Waals surface area contributed by atoms with Gasteiger partial charge in [-0.15, -0.1) is 12.4 Å². The van der Waals surface area contributed by atoms with Gasteiger partial charge in [-0.2, -0.15) is 0 Å². The minimum atomic E-state index is 0. The minimum Gasteiger partial charge on any atom is -0.369 e. The van der Waals surface area contributed by atoms with Crippen LogP contribution < -0.4 is 20.4 Å². The van der Waals surface area contributed by atoms with Crippen molar-refractivity contribution in [2.45, 2.75) is 0 Å². The van der Waals surface area contributed by atoms with Crippen molar-refractivity contribution in [2.75, 3.05) is 62.2 Å². The Morgan fingerprint density at radius 1 is 0.621 bits per heavy atom. The molecule has 2 heterocycles. The van der Waals surface area contributed by atoms with Gasteiger partial charge in [0, 0.05) is 73.8 Å². The summed E-state index contributed by atoms with van der Waals surface area (Å²) in [6.07, 6.45) is 0. The monoisotopic (exact) mass is 458 g/mol. The van der Waals surface area contributed by atoms with Crippen LogP contribution in [0.3, 0.4) is 0 Å². The smallest absolute Gasteiger partial charge is 0.106 e. The van der Waals surface area contributed by atoms with E-state index in [1.165, 1.54) is 11.4 Å². The molecule has 8 heteroatoms. The molecule has 2 N–H and O–H groups in total. The van der Waals surface area contributed by atoms with Gasteiger partial charge in [0.15, 0.2) is 0 Å². The number of benzene rings is 2. The lowest BCUT2D eigenvalue weighted by molar-refractivity contribution is -0.0979. The molecule has 0 unspecified atom stereocenters. The van der Waals surface area contributed by atoms with Gasteiger partial charge in [0.1, 0.15) is 6.79 Å². The van der Waals surface area contributed by atoms with Crippen LogP contribution in [0.5, 0.6) is 0 Å². The normalized spacial score (nSPS) is 15.8. The summed E-state index contributed by atoms with van der Waals surface area (Å²) in [6, 6.07) is 16.1. The summed E-state index contributed by atoms with van der Waals surface area (Å²) in [5.74, 6) is 0. The van der Waals surface area contributed by atoms with E-state index in [1.807, 2.05) is 31.1 Å². The van der Waals surface area contributed by atoms with Crippen LogP contribution in [0.2, 0.25) is 10.0 Å². The van der Waals surface area contributed by atoms with Crippen molar-refractivity contribution >= 4 is 53.8 Å². The van der Waals surface area contributed by atoms with Gasteiger partial charge in [-0.05, 0) is 48.5 Å². The average Bonchev–Trinajstić information content (AvgIpc) is 2.78. The van der Waals surface area contributed by atoms with E-state index in [0.717, 1.165) is 62.4 Å². The fourth-order valence-corrected chi connectivity index (χ4v) is 3.40. The number of hydrogen-bond acceptors (Lipinski definition) is 5. The van der Waals surface area contributed by atoms with E-state index < -0.39 is 0 Å². The summed E-state index contributed by atoms with van der Waals surface area (Å²) in [6.45, 7) is 10.6. The predicted molar refractivity (Wildman–Crippen MR) is 127 cm³/mol. The molecule has 0 spiro atoms. The molecule has 0 amide bonds. The van der Waals surface area contributed by atoms with Gasteiger partial charge in [0.2, 0.25) is 0 Å². The summed E-state index contributed by atoms with van der Waals surface area (Å²) < 4.78 is 0. The first kappa shape index (κ1) is 25.5. The molecule has 0 saturated carbocycles. The molecule has 2 saturated heterocycles. The maximum atomic E-state index is 8.00. The first-order valence-corrected chi connectivity index (χ1v) is 10.2. The van der Waals surface area contributed by atoms with Crippen LogP contribution in [0.15, 0.2) is 48.5 Å². The fourth-order valence-electron chi connectivity index (χ4n) is 3.15. The van der Waals surface area contributed by atoms with Crippen LogP contribution in [-0.4, -0.2) is 59.1 Å². The van der Waals surface area contributed by atoms with Crippen molar-refractivity contribution in [3.63, 3.8) is 0 Å². The standard InChI is InChI=1S/2C10H13ClN2.CH2O.ClH/c2*11-9-1-3-10(4-2-9)13-7-5-12-6-8-13;1-2;/h2*1-4,12H,5-8H2;1H2;1H. The van der Waals surface area contributed by atoms with E-state index >= 15 is 0 Å². The molecular formula is C21H29Cl3N4O. The molecule has 160 valence electrons. The highest BCUT2D eigenvalue weighted by Crippen LogP contribution is 2.18. The van der Waals surface area contributed by atoms with E-state index in [9.17, 15) is 0 Å². The Morgan fingerprint density at radius 3 is 1.17 bits per heavy atom. The van der Waals surface area contributed by atoms with Gasteiger partial charge in [0.25, 0.3) is 0 Å². The van der Waals surface area contributed by atoms with Crippen LogP contribution in [0.25, 0.3) is 0 Å². The molecule has 4 rings (SSSR count). The van der Waals surface area contributed by atoms with Gasteiger partial charge in [-0.1, -0.05) is 23.2 Å². The van der Waals surface area contributed by atoms with Gasteiger partial charge in [-0.3, -0.25) is 0 Å². The minimum absolute atomic E-state index is 0. The Kier molecular flexibility index (Phi) is 12.7. The summed E-state index contributed by atoms with van der Waals surface area (Å²) in [4.78, 5) is 12.7. The van der Waals surface area contributed by atoms with Crippen LogP contribution >= 0.6 is 35.6 Å². The zero-order valence-electron chi connectivity index (χ0n) is 16.4. The molecule has 0 bridgehead atoms. The Morgan fingerprint density at radius 2 is 0.897 bits per heavy atom. The third-order valence-corrected chi connectivity index (χ3v) is 5.12. The third-order valence-electron chi connectivity index (χ3n) is 4.62. The Labute approximate surface area is 189 Å². The number of carbonyl (C=O) groups excluding carboxylic acids is 1. The quantitative estimate of drug-likeness (QED) is 0.716. The SMILES string of the molecule is C=O.Cl.Clc1ccc(N2CCNCC2)cc1.Clc1ccc(N2CCNCC2)cc1.